The summed E-state index contributed by atoms with van der Waals surface area (Å²) >= 11 is 2.04. The van der Waals surface area contributed by atoms with Gasteiger partial charge in [-0.25, -0.2) is 0 Å². The van der Waals surface area contributed by atoms with Crippen LogP contribution < -0.4 is 25.5 Å². The molecule has 1 aromatic heterocycles. The van der Waals surface area contributed by atoms with Crippen molar-refractivity contribution >= 4 is 78.0 Å². The molecule has 0 bridgehead atoms. The average Bonchev–Trinajstić information content (AvgIpc) is 3.60. The Morgan fingerprint density at radius 1 is 0.541 bits per heavy atom. The Morgan fingerprint density at radius 2 is 1.08 bits per heavy atom. The van der Waals surface area contributed by atoms with E-state index in [1.165, 1.54) is 145 Å². The third-order valence-electron chi connectivity index (χ3n) is 15.8. The molecule has 0 saturated carbocycles. The lowest BCUT2D eigenvalue weighted by atomic mass is 9.35. The van der Waals surface area contributed by atoms with Crippen LogP contribution in [0.2, 0.25) is 0 Å². The van der Waals surface area contributed by atoms with Gasteiger partial charge in [0.2, 0.25) is 0 Å². The summed E-state index contributed by atoms with van der Waals surface area (Å²) in [5.74, 6) is 0. The Balaban J connectivity index is 1.30. The number of unbranched alkanes of at least 4 members (excludes halogenated alkanes) is 2. The minimum atomic E-state index is 0.0930. The van der Waals surface area contributed by atoms with E-state index in [1.54, 1.807) is 5.56 Å². The molecule has 4 heteroatoms. The van der Waals surface area contributed by atoms with Gasteiger partial charge in [-0.2, -0.15) is 0 Å². The van der Waals surface area contributed by atoms with Crippen LogP contribution in [-0.4, -0.2) is 6.71 Å². The summed E-state index contributed by atoms with van der Waals surface area (Å²) in [5, 5.41) is 1.40. The molecule has 4 aliphatic rings. The average molecular weight is 823 g/mol. The van der Waals surface area contributed by atoms with Crippen molar-refractivity contribution in [3.05, 3.63) is 124 Å². The maximum absolute atomic E-state index is 2.71. The number of nitrogens with zero attached hydrogens (tertiary/aromatic N) is 2. The van der Waals surface area contributed by atoms with Gasteiger partial charge in [0.25, 0.3) is 6.71 Å². The summed E-state index contributed by atoms with van der Waals surface area (Å²) in [5.41, 5.74) is 21.6. The molecule has 0 saturated heterocycles. The number of fused-ring (bicyclic) bond motifs is 8. The summed E-state index contributed by atoms with van der Waals surface area (Å²) in [7, 11) is 0. The Bertz CT molecular complexity index is 2710. The van der Waals surface area contributed by atoms with Crippen molar-refractivity contribution in [2.24, 2.45) is 0 Å². The molecule has 2 nitrogen and oxygen atoms in total. The Morgan fingerprint density at radius 3 is 1.72 bits per heavy atom. The molecule has 3 heterocycles. The first-order valence-corrected chi connectivity index (χ1v) is 24.6. The van der Waals surface area contributed by atoms with Gasteiger partial charge in [0, 0.05) is 43.3 Å². The summed E-state index contributed by atoms with van der Waals surface area (Å²) in [4.78, 5) is 5.39. The van der Waals surface area contributed by atoms with Crippen LogP contribution in [0.15, 0.2) is 84.9 Å². The lowest BCUT2D eigenvalue weighted by Crippen LogP contribution is -2.61. The highest BCUT2D eigenvalue weighted by Crippen LogP contribution is 2.53. The topological polar surface area (TPSA) is 6.48 Å². The van der Waals surface area contributed by atoms with Crippen LogP contribution >= 0.6 is 11.3 Å². The summed E-state index contributed by atoms with van der Waals surface area (Å²) in [6.07, 6.45) is 11.9. The fourth-order valence-corrected chi connectivity index (χ4v) is 13.0. The lowest BCUT2D eigenvalue weighted by Gasteiger charge is -2.47. The zero-order valence-corrected chi connectivity index (χ0v) is 39.9. The molecule has 61 heavy (non-hydrogen) atoms. The van der Waals surface area contributed by atoms with E-state index in [9.17, 15) is 0 Å². The predicted octanol–water partition coefficient (Wildman–Crippen LogP) is 14.7. The van der Waals surface area contributed by atoms with Crippen molar-refractivity contribution in [2.75, 3.05) is 9.80 Å². The van der Waals surface area contributed by atoms with Crippen LogP contribution in [0.3, 0.4) is 0 Å². The molecule has 10 rings (SSSR count). The first-order valence-electron chi connectivity index (χ1n) is 23.8. The second-order valence-corrected chi connectivity index (χ2v) is 23.1. The van der Waals surface area contributed by atoms with Crippen LogP contribution in [0.4, 0.5) is 34.1 Å². The second-order valence-electron chi connectivity index (χ2n) is 22.1. The zero-order valence-electron chi connectivity index (χ0n) is 39.0. The van der Waals surface area contributed by atoms with E-state index >= 15 is 0 Å². The van der Waals surface area contributed by atoms with E-state index in [2.05, 4.69) is 171 Å². The molecular weight excluding hydrogens is 756 g/mol. The highest BCUT2D eigenvalue weighted by Gasteiger charge is 2.48. The number of benzene rings is 5. The van der Waals surface area contributed by atoms with E-state index in [-0.39, 0.29) is 28.4 Å². The highest BCUT2D eigenvalue weighted by molar-refractivity contribution is 7.33. The van der Waals surface area contributed by atoms with Crippen LogP contribution in [0.25, 0.3) is 10.1 Å². The lowest BCUT2D eigenvalue weighted by molar-refractivity contribution is 0.332. The number of hydrogen-bond acceptors (Lipinski definition) is 3. The number of rotatable bonds is 8. The molecule has 0 unspecified atom stereocenters. The molecule has 0 radical (unpaired) electrons. The monoisotopic (exact) mass is 823 g/mol. The second kappa shape index (κ2) is 14.4. The Kier molecular flexibility index (Phi) is 9.61. The molecule has 0 spiro atoms. The first kappa shape index (κ1) is 40.8. The van der Waals surface area contributed by atoms with Crippen LogP contribution in [-0.2, 0) is 34.5 Å². The molecule has 0 fully saturated rings. The summed E-state index contributed by atoms with van der Waals surface area (Å²) < 4.78 is 2.88. The van der Waals surface area contributed by atoms with Crippen molar-refractivity contribution in [3.8, 4) is 0 Å². The largest absolute Gasteiger partial charge is 0.311 e. The van der Waals surface area contributed by atoms with Crippen LogP contribution in [0.5, 0.6) is 0 Å². The Labute approximate surface area is 371 Å². The van der Waals surface area contributed by atoms with Crippen molar-refractivity contribution in [3.63, 3.8) is 0 Å². The maximum atomic E-state index is 2.71. The van der Waals surface area contributed by atoms with Crippen molar-refractivity contribution in [2.45, 2.75) is 162 Å². The van der Waals surface area contributed by atoms with E-state index in [4.69, 9.17) is 0 Å². The first-order chi connectivity index (χ1) is 29.0. The summed E-state index contributed by atoms with van der Waals surface area (Å²) in [6.45, 7) is 26.9. The zero-order chi connectivity index (χ0) is 42.8. The van der Waals surface area contributed by atoms with Crippen LogP contribution in [0.1, 0.15) is 160 Å². The third-order valence-corrected chi connectivity index (χ3v) is 17.0. The highest BCUT2D eigenvalue weighted by atomic mass is 32.1. The quantitative estimate of drug-likeness (QED) is 0.141. The van der Waals surface area contributed by atoms with Crippen LogP contribution in [0, 0.1) is 6.92 Å². The molecule has 0 N–H and O–H groups in total. The third kappa shape index (κ3) is 6.47. The van der Waals surface area contributed by atoms with Crippen molar-refractivity contribution in [1.82, 2.24) is 0 Å². The van der Waals surface area contributed by atoms with Gasteiger partial charge in [-0.1, -0.05) is 112 Å². The predicted molar refractivity (Wildman–Crippen MR) is 268 cm³/mol. The van der Waals surface area contributed by atoms with E-state index in [0.717, 1.165) is 12.8 Å². The molecule has 5 aromatic carbocycles. The molecule has 0 atom stereocenters. The van der Waals surface area contributed by atoms with Gasteiger partial charge in [-0.05, 0) is 184 Å². The normalized spacial score (nSPS) is 18.6. The number of thiophene rings is 1. The summed E-state index contributed by atoms with van der Waals surface area (Å²) in [6, 6.07) is 35.0. The standard InChI is InChI=1S/C57H67BN2S/c1-12-14-16-37-18-21-39(22-19-37)60-49-31-36(3)30-48-51(49)58(53-52(60)41-32-38(17-15-13-2)20-25-50(41)61-53)46-34-44-45(57(10,11)29-28-56(44,8)9)35-47(46)59(48)40-23-24-42-43(33-40)55(6,7)27-26-54(42,4)5/h18-25,30-35H,12-17,26-29H2,1-11H3. The van der Waals surface area contributed by atoms with E-state index in [0.29, 0.717) is 0 Å². The molecule has 6 aromatic rings. The maximum Gasteiger partial charge on any atom is 0.264 e. The fourth-order valence-electron chi connectivity index (χ4n) is 11.7. The van der Waals surface area contributed by atoms with Gasteiger partial charge in [0.1, 0.15) is 0 Å². The van der Waals surface area contributed by atoms with Gasteiger partial charge < -0.3 is 9.80 Å². The molecule has 2 aliphatic carbocycles. The number of hydrogen-bond donors (Lipinski definition) is 0. The minimum Gasteiger partial charge on any atom is -0.311 e. The van der Waals surface area contributed by atoms with Gasteiger partial charge in [-0.15, -0.1) is 11.3 Å². The van der Waals surface area contributed by atoms with Gasteiger partial charge in [-0.3, -0.25) is 0 Å². The fraction of sp³-hybridized carbons (Fsp3) is 0.439. The molecule has 0 amide bonds. The minimum absolute atomic E-state index is 0.0930. The molecular formula is C57H67BN2S. The Hall–Kier alpha value is -4.28. The van der Waals surface area contributed by atoms with Gasteiger partial charge in [0.05, 0.1) is 5.69 Å². The van der Waals surface area contributed by atoms with E-state index in [1.807, 2.05) is 11.3 Å². The number of anilines is 6. The van der Waals surface area contributed by atoms with Crippen molar-refractivity contribution < 1.29 is 0 Å². The van der Waals surface area contributed by atoms with Gasteiger partial charge in [0.15, 0.2) is 0 Å². The molecule has 314 valence electrons. The SMILES string of the molecule is CCCCc1ccc(N2c3cc(C)cc4c3B(c3cc5c(cc3N4c3ccc4c(c3)C(C)(C)CCC4(C)C)C(C)(C)CCC5(C)C)c3sc4ccc(CCCC)cc4c32)cc1. The molecule has 2 aliphatic heterocycles. The van der Waals surface area contributed by atoms with Gasteiger partial charge >= 0.3 is 0 Å². The smallest absolute Gasteiger partial charge is 0.264 e. The van der Waals surface area contributed by atoms with E-state index < -0.39 is 0 Å². The van der Waals surface area contributed by atoms with Crippen molar-refractivity contribution in [1.29, 1.82) is 0 Å². The number of aryl methyl sites for hydroxylation is 3.